The summed E-state index contributed by atoms with van der Waals surface area (Å²) >= 11 is 22.0. The lowest BCUT2D eigenvalue weighted by atomic mass is 10.1. The highest BCUT2D eigenvalue weighted by Crippen LogP contribution is 2.36. The summed E-state index contributed by atoms with van der Waals surface area (Å²) in [4.78, 5) is 12.9. The molecule has 0 fully saturated rings. The van der Waals surface area contributed by atoms with Gasteiger partial charge in [0, 0.05) is 0 Å². The molecule has 0 aromatic heterocycles. The van der Waals surface area contributed by atoms with Gasteiger partial charge in [-0.2, -0.15) is 10.1 Å². The fourth-order valence-corrected chi connectivity index (χ4v) is 4.49. The Morgan fingerprint density at radius 2 is 1.75 bits per heavy atom. The number of hydrogen-bond acceptors (Lipinski definition) is 3. The van der Waals surface area contributed by atoms with Gasteiger partial charge >= 0.3 is 0 Å². The summed E-state index contributed by atoms with van der Waals surface area (Å²) in [6.45, 7) is 2.07. The molecule has 0 N–H and O–H groups in total. The Labute approximate surface area is 209 Å². The van der Waals surface area contributed by atoms with Crippen molar-refractivity contribution in [3.05, 3.63) is 96.9 Å². The maximum absolute atomic E-state index is 12.9. The van der Waals surface area contributed by atoms with E-state index in [9.17, 15) is 4.79 Å². The average Bonchev–Trinajstić information content (AvgIpc) is 3.04. The first-order valence-corrected chi connectivity index (χ1v) is 11.5. The Bertz CT molecular complexity index is 1240. The summed E-state index contributed by atoms with van der Waals surface area (Å²) in [6.07, 6.45) is 1.77. The van der Waals surface area contributed by atoms with Crippen molar-refractivity contribution in [1.82, 2.24) is 0 Å². The highest BCUT2D eigenvalue weighted by atomic mass is 79.9. The van der Waals surface area contributed by atoms with Crippen molar-refractivity contribution in [1.29, 1.82) is 0 Å². The van der Waals surface area contributed by atoms with Crippen molar-refractivity contribution < 1.29 is 9.53 Å². The molecule has 0 saturated carbocycles. The van der Waals surface area contributed by atoms with Crippen LogP contribution < -0.4 is 9.75 Å². The number of benzene rings is 3. The van der Waals surface area contributed by atoms with Crippen LogP contribution in [0.25, 0.3) is 6.08 Å². The summed E-state index contributed by atoms with van der Waals surface area (Å²) < 4.78 is 6.55. The van der Waals surface area contributed by atoms with E-state index >= 15 is 0 Å². The van der Waals surface area contributed by atoms with E-state index < -0.39 is 0 Å². The van der Waals surface area contributed by atoms with Crippen LogP contribution in [-0.4, -0.2) is 11.6 Å². The topological polar surface area (TPSA) is 41.9 Å². The SMILES string of the molecule is CC1=NN(c2ccccc2)C(=O)/C1=C/c1cc(Cl)c(OCc2ccc(Cl)c(Cl)c2)c(Br)c1. The molecule has 0 unspecified atom stereocenters. The van der Waals surface area contributed by atoms with Gasteiger partial charge in [-0.15, -0.1) is 0 Å². The minimum absolute atomic E-state index is 0.194. The molecular weight excluding hydrogens is 535 g/mol. The van der Waals surface area contributed by atoms with Crippen LogP contribution in [0, 0.1) is 0 Å². The van der Waals surface area contributed by atoms with Crippen LogP contribution in [0.3, 0.4) is 0 Å². The molecule has 162 valence electrons. The molecule has 0 radical (unpaired) electrons. The van der Waals surface area contributed by atoms with Crippen LogP contribution in [0.1, 0.15) is 18.1 Å². The van der Waals surface area contributed by atoms with Crippen LogP contribution in [0.4, 0.5) is 5.69 Å². The maximum Gasteiger partial charge on any atom is 0.280 e. The van der Waals surface area contributed by atoms with Crippen molar-refractivity contribution in [3.63, 3.8) is 0 Å². The molecule has 1 aliphatic rings. The standard InChI is InChI=1S/C24H16BrCl3N2O2/c1-14-18(24(31)30(29-14)17-5-3-2-4-6-17)9-16-10-19(25)23(22(28)12-16)32-13-15-7-8-20(26)21(27)11-15/h2-12H,13H2,1H3/b18-9+. The van der Waals surface area contributed by atoms with Crippen molar-refractivity contribution in [2.45, 2.75) is 13.5 Å². The Hall–Kier alpha value is -2.31. The Kier molecular flexibility index (Phi) is 6.91. The third kappa shape index (κ3) is 4.86. The van der Waals surface area contributed by atoms with E-state index in [2.05, 4.69) is 21.0 Å². The number of hydrazone groups is 1. The Balaban J connectivity index is 1.55. The van der Waals surface area contributed by atoms with Gasteiger partial charge in [0.25, 0.3) is 5.91 Å². The molecule has 0 atom stereocenters. The van der Waals surface area contributed by atoms with E-state index in [0.717, 1.165) is 11.1 Å². The zero-order chi connectivity index (χ0) is 22.8. The molecule has 4 rings (SSSR count). The fourth-order valence-electron chi connectivity index (χ4n) is 3.18. The van der Waals surface area contributed by atoms with E-state index in [-0.39, 0.29) is 12.5 Å². The van der Waals surface area contributed by atoms with Gasteiger partial charge in [-0.1, -0.05) is 59.1 Å². The molecule has 0 aliphatic carbocycles. The molecule has 32 heavy (non-hydrogen) atoms. The van der Waals surface area contributed by atoms with Crippen molar-refractivity contribution >= 4 is 74.1 Å². The molecule has 1 aliphatic heterocycles. The van der Waals surface area contributed by atoms with Crippen LogP contribution in [-0.2, 0) is 11.4 Å². The maximum atomic E-state index is 12.9. The third-order valence-corrected chi connectivity index (χ3v) is 6.37. The van der Waals surface area contributed by atoms with Crippen LogP contribution in [0.15, 0.2) is 75.8 Å². The predicted octanol–water partition coefficient (Wildman–Crippen LogP) is 7.79. The first-order valence-electron chi connectivity index (χ1n) is 9.56. The van der Waals surface area contributed by atoms with Gasteiger partial charge in [0.15, 0.2) is 5.75 Å². The largest absolute Gasteiger partial charge is 0.486 e. The number of rotatable bonds is 5. The van der Waals surface area contributed by atoms with E-state index in [1.807, 2.05) is 42.5 Å². The quantitative estimate of drug-likeness (QED) is 0.304. The number of ether oxygens (including phenoxy) is 1. The van der Waals surface area contributed by atoms with Crippen molar-refractivity contribution in [3.8, 4) is 5.75 Å². The molecule has 3 aromatic rings. The second-order valence-corrected chi connectivity index (χ2v) is 9.12. The van der Waals surface area contributed by atoms with Gasteiger partial charge in [-0.25, -0.2) is 0 Å². The third-order valence-electron chi connectivity index (χ3n) is 4.76. The Morgan fingerprint density at radius 1 is 1.00 bits per heavy atom. The average molecular weight is 551 g/mol. The molecule has 3 aromatic carbocycles. The second kappa shape index (κ2) is 9.67. The zero-order valence-corrected chi connectivity index (χ0v) is 20.6. The van der Waals surface area contributed by atoms with E-state index in [1.54, 1.807) is 31.2 Å². The first-order chi connectivity index (χ1) is 15.3. The highest BCUT2D eigenvalue weighted by Gasteiger charge is 2.28. The highest BCUT2D eigenvalue weighted by molar-refractivity contribution is 9.10. The van der Waals surface area contributed by atoms with Crippen molar-refractivity contribution in [2.24, 2.45) is 5.10 Å². The van der Waals surface area contributed by atoms with Gasteiger partial charge in [0.2, 0.25) is 0 Å². The van der Waals surface area contributed by atoms with E-state index in [4.69, 9.17) is 39.5 Å². The van der Waals surface area contributed by atoms with Gasteiger partial charge in [-0.05, 0) is 76.5 Å². The van der Waals surface area contributed by atoms with Gasteiger partial charge in [0.05, 0.1) is 36.5 Å². The fraction of sp³-hybridized carbons (Fsp3) is 0.0833. The van der Waals surface area contributed by atoms with Gasteiger partial charge < -0.3 is 4.74 Å². The predicted molar refractivity (Wildman–Crippen MR) is 135 cm³/mol. The second-order valence-electron chi connectivity index (χ2n) is 7.05. The lowest BCUT2D eigenvalue weighted by Crippen LogP contribution is -2.21. The number of anilines is 1. The van der Waals surface area contributed by atoms with Crippen LogP contribution in [0.5, 0.6) is 5.75 Å². The normalized spacial score (nSPS) is 14.8. The number of amides is 1. The number of carbonyl (C=O) groups is 1. The lowest BCUT2D eigenvalue weighted by Gasteiger charge is -2.12. The monoisotopic (exact) mass is 548 g/mol. The van der Waals surface area contributed by atoms with Crippen molar-refractivity contribution in [2.75, 3.05) is 5.01 Å². The smallest absolute Gasteiger partial charge is 0.280 e. The molecule has 4 nitrogen and oxygen atoms in total. The summed E-state index contributed by atoms with van der Waals surface area (Å²) in [6, 6.07) is 18.2. The molecule has 0 bridgehead atoms. The van der Waals surface area contributed by atoms with Crippen LogP contribution >= 0.6 is 50.7 Å². The number of hydrogen-bond donors (Lipinski definition) is 0. The van der Waals surface area contributed by atoms with Gasteiger partial charge in [-0.3, -0.25) is 4.79 Å². The summed E-state index contributed by atoms with van der Waals surface area (Å²) in [5, 5.41) is 7.15. The number of para-hydroxylation sites is 1. The lowest BCUT2D eigenvalue weighted by molar-refractivity contribution is -0.114. The Morgan fingerprint density at radius 3 is 2.44 bits per heavy atom. The molecule has 1 amide bonds. The summed E-state index contributed by atoms with van der Waals surface area (Å²) in [7, 11) is 0. The summed E-state index contributed by atoms with van der Waals surface area (Å²) in [5.41, 5.74) is 3.45. The summed E-state index contributed by atoms with van der Waals surface area (Å²) in [5.74, 6) is 0.301. The molecular formula is C24H16BrCl3N2O2. The van der Waals surface area contributed by atoms with Gasteiger partial charge in [0.1, 0.15) is 6.61 Å². The minimum Gasteiger partial charge on any atom is -0.486 e. The number of halogens is 4. The molecule has 8 heteroatoms. The molecule has 0 spiro atoms. The molecule has 1 heterocycles. The van der Waals surface area contributed by atoms with Crippen LogP contribution in [0.2, 0.25) is 15.1 Å². The zero-order valence-electron chi connectivity index (χ0n) is 16.8. The number of carbonyl (C=O) groups excluding carboxylic acids is 1. The molecule has 0 saturated heterocycles. The van der Waals surface area contributed by atoms with E-state index in [0.29, 0.717) is 42.3 Å². The van der Waals surface area contributed by atoms with E-state index in [1.165, 1.54) is 5.01 Å². The first kappa shape index (κ1) is 22.9. The number of nitrogens with zero attached hydrogens (tertiary/aromatic N) is 2. The minimum atomic E-state index is -0.194.